The maximum atomic E-state index is 12.7. The number of pyridine rings is 1. The summed E-state index contributed by atoms with van der Waals surface area (Å²) in [6.07, 6.45) is 5.39. The zero-order valence-corrected chi connectivity index (χ0v) is 21.9. The van der Waals surface area contributed by atoms with E-state index < -0.39 is 5.60 Å². The van der Waals surface area contributed by atoms with Crippen LogP contribution in [-0.2, 0) is 24.9 Å². The van der Waals surface area contributed by atoms with Crippen molar-refractivity contribution < 1.29 is 9.53 Å². The predicted molar refractivity (Wildman–Crippen MR) is 135 cm³/mol. The number of hydrogen-bond donors (Lipinski definition) is 2. The van der Waals surface area contributed by atoms with E-state index in [1.165, 1.54) is 6.33 Å². The number of aryl methyl sites for hydroxylation is 1. The van der Waals surface area contributed by atoms with Gasteiger partial charge < -0.3 is 20.3 Å². The van der Waals surface area contributed by atoms with E-state index in [1.54, 1.807) is 22.0 Å². The number of hydrogen-bond acceptors (Lipinski definition) is 6. The topological polar surface area (TPSA) is 110 Å². The van der Waals surface area contributed by atoms with Crippen LogP contribution in [0.4, 0.5) is 4.79 Å². The number of aromatic nitrogens is 4. The van der Waals surface area contributed by atoms with Gasteiger partial charge in [-0.3, -0.25) is 9.67 Å². The second-order valence-electron chi connectivity index (χ2n) is 8.04. The van der Waals surface area contributed by atoms with Gasteiger partial charge >= 0.3 is 6.09 Å². The molecule has 2 heterocycles. The van der Waals surface area contributed by atoms with Crippen LogP contribution in [0.25, 0.3) is 0 Å². The lowest BCUT2D eigenvalue weighted by Gasteiger charge is -2.27. The Hall–Kier alpha value is -2.44. The summed E-state index contributed by atoms with van der Waals surface area (Å²) >= 11 is 0. The highest BCUT2D eigenvalue weighted by Gasteiger charge is 2.22. The second-order valence-corrected chi connectivity index (χ2v) is 8.04. The SMILES string of the molecule is CCNC(=NCc1ncnn1C)NCCCN(Cc1cccnc1)C(=O)OC(C)(C)C.I. The number of carbonyl (C=O) groups is 1. The maximum Gasteiger partial charge on any atom is 0.410 e. The lowest BCUT2D eigenvalue weighted by molar-refractivity contribution is 0.0232. The van der Waals surface area contributed by atoms with Crippen LogP contribution in [0.1, 0.15) is 45.5 Å². The highest BCUT2D eigenvalue weighted by Crippen LogP contribution is 2.12. The van der Waals surface area contributed by atoms with Gasteiger partial charge in [0.15, 0.2) is 5.96 Å². The number of halogens is 1. The van der Waals surface area contributed by atoms with Crippen LogP contribution in [0.5, 0.6) is 0 Å². The van der Waals surface area contributed by atoms with Crippen molar-refractivity contribution in [2.24, 2.45) is 12.0 Å². The molecule has 1 amide bonds. The van der Waals surface area contributed by atoms with Gasteiger partial charge in [0.1, 0.15) is 24.3 Å². The number of carbonyl (C=O) groups excluding carboxylic acids is 1. The molecule has 0 aromatic carbocycles. The molecule has 11 heteroatoms. The average molecular weight is 558 g/mol. The van der Waals surface area contributed by atoms with Crippen molar-refractivity contribution in [1.82, 2.24) is 35.3 Å². The Morgan fingerprint density at radius 2 is 2.09 bits per heavy atom. The van der Waals surface area contributed by atoms with Crippen LogP contribution in [0, 0.1) is 0 Å². The van der Waals surface area contributed by atoms with Gasteiger partial charge in [-0.2, -0.15) is 5.10 Å². The molecule has 0 saturated carbocycles. The van der Waals surface area contributed by atoms with Crippen LogP contribution < -0.4 is 10.6 Å². The van der Waals surface area contributed by atoms with Crippen LogP contribution in [0.2, 0.25) is 0 Å². The van der Waals surface area contributed by atoms with Gasteiger partial charge in [0.2, 0.25) is 0 Å². The molecule has 2 aromatic rings. The molecule has 178 valence electrons. The molecule has 0 saturated heterocycles. The summed E-state index contributed by atoms with van der Waals surface area (Å²) in [7, 11) is 1.84. The summed E-state index contributed by atoms with van der Waals surface area (Å²) in [4.78, 5) is 27.2. The van der Waals surface area contributed by atoms with E-state index >= 15 is 0 Å². The molecule has 0 radical (unpaired) electrons. The molecular weight excluding hydrogens is 523 g/mol. The fourth-order valence-corrected chi connectivity index (χ4v) is 2.70. The van der Waals surface area contributed by atoms with Gasteiger partial charge in [0, 0.05) is 39.1 Å². The highest BCUT2D eigenvalue weighted by molar-refractivity contribution is 14.0. The smallest absolute Gasteiger partial charge is 0.410 e. The summed E-state index contributed by atoms with van der Waals surface area (Å²) < 4.78 is 7.27. The predicted octanol–water partition coefficient (Wildman–Crippen LogP) is 2.71. The summed E-state index contributed by atoms with van der Waals surface area (Å²) in [5.74, 6) is 1.48. The third kappa shape index (κ3) is 10.2. The van der Waals surface area contributed by atoms with E-state index in [0.29, 0.717) is 32.1 Å². The number of nitrogens with one attached hydrogen (secondary N) is 2. The van der Waals surface area contributed by atoms with Crippen molar-refractivity contribution >= 4 is 36.0 Å². The van der Waals surface area contributed by atoms with Crippen molar-refractivity contribution in [2.75, 3.05) is 19.6 Å². The number of amides is 1. The van der Waals surface area contributed by atoms with Crippen LogP contribution in [-0.4, -0.2) is 61.9 Å². The number of rotatable bonds is 9. The van der Waals surface area contributed by atoms with E-state index in [9.17, 15) is 4.79 Å². The third-order valence-corrected chi connectivity index (χ3v) is 4.17. The summed E-state index contributed by atoms with van der Waals surface area (Å²) in [5, 5.41) is 10.6. The molecule has 32 heavy (non-hydrogen) atoms. The molecule has 10 nitrogen and oxygen atoms in total. The molecule has 2 N–H and O–H groups in total. The maximum absolute atomic E-state index is 12.7. The molecule has 0 aliphatic heterocycles. The van der Waals surface area contributed by atoms with Gasteiger partial charge in [0.25, 0.3) is 0 Å². The molecule has 2 rings (SSSR count). The Bertz CT molecular complexity index is 836. The number of ether oxygens (including phenoxy) is 1. The minimum Gasteiger partial charge on any atom is -0.444 e. The first-order chi connectivity index (χ1) is 14.8. The molecular formula is C21H35IN8O2. The van der Waals surface area contributed by atoms with Gasteiger partial charge in [-0.05, 0) is 45.7 Å². The Labute approximate surface area is 207 Å². The Balaban J connectivity index is 0.00000512. The monoisotopic (exact) mass is 558 g/mol. The van der Waals surface area contributed by atoms with E-state index in [-0.39, 0.29) is 30.1 Å². The van der Waals surface area contributed by atoms with Gasteiger partial charge in [-0.25, -0.2) is 14.8 Å². The van der Waals surface area contributed by atoms with Crippen molar-refractivity contribution in [1.29, 1.82) is 0 Å². The first kappa shape index (κ1) is 27.6. The first-order valence-electron chi connectivity index (χ1n) is 10.5. The van der Waals surface area contributed by atoms with Gasteiger partial charge in [0.05, 0.1) is 6.54 Å². The minimum atomic E-state index is -0.548. The molecule has 0 spiro atoms. The van der Waals surface area contributed by atoms with E-state index in [2.05, 4.69) is 30.7 Å². The quantitative estimate of drug-likeness (QED) is 0.211. The average Bonchev–Trinajstić information content (AvgIpc) is 3.12. The normalized spacial score (nSPS) is 11.5. The number of guanidine groups is 1. The minimum absolute atomic E-state index is 0. The molecule has 0 aliphatic carbocycles. The van der Waals surface area contributed by atoms with Crippen LogP contribution in [0.15, 0.2) is 35.8 Å². The number of aliphatic imine (C=N–C) groups is 1. The van der Waals surface area contributed by atoms with Gasteiger partial charge in [-0.1, -0.05) is 6.07 Å². The van der Waals surface area contributed by atoms with Crippen molar-refractivity contribution in [3.8, 4) is 0 Å². The van der Waals surface area contributed by atoms with E-state index in [4.69, 9.17) is 4.74 Å². The van der Waals surface area contributed by atoms with Crippen LogP contribution >= 0.6 is 24.0 Å². The highest BCUT2D eigenvalue weighted by atomic mass is 127. The van der Waals surface area contributed by atoms with Crippen molar-refractivity contribution in [3.05, 3.63) is 42.2 Å². The molecule has 0 bridgehead atoms. The first-order valence-corrected chi connectivity index (χ1v) is 10.5. The Kier molecular flexibility index (Phi) is 12.0. The third-order valence-electron chi connectivity index (χ3n) is 4.17. The zero-order valence-electron chi connectivity index (χ0n) is 19.5. The fourth-order valence-electron chi connectivity index (χ4n) is 2.70. The second kappa shape index (κ2) is 13.9. The Morgan fingerprint density at radius 1 is 1.31 bits per heavy atom. The molecule has 0 aliphatic rings. The van der Waals surface area contributed by atoms with Crippen molar-refractivity contribution in [3.63, 3.8) is 0 Å². The zero-order chi connectivity index (χ0) is 22.7. The largest absolute Gasteiger partial charge is 0.444 e. The van der Waals surface area contributed by atoms with Crippen LogP contribution in [0.3, 0.4) is 0 Å². The van der Waals surface area contributed by atoms with Gasteiger partial charge in [-0.15, -0.1) is 24.0 Å². The summed E-state index contributed by atoms with van der Waals surface area (Å²) in [6.45, 7) is 10.4. The molecule has 2 aromatic heterocycles. The standard InChI is InChI=1S/C21H34N8O2.HI/c1-6-23-19(25-14-18-26-16-27-28(18)5)24-11-8-12-29(20(30)31-21(2,3)4)15-17-9-7-10-22-13-17;/h7,9-10,13,16H,6,8,11-12,14-15H2,1-5H3,(H2,23,24,25);1H. The van der Waals surface area contributed by atoms with Crippen molar-refractivity contribution in [2.45, 2.75) is 52.8 Å². The Morgan fingerprint density at radius 3 is 2.69 bits per heavy atom. The molecule has 0 fully saturated rings. The van der Waals surface area contributed by atoms with E-state index in [0.717, 1.165) is 24.4 Å². The van der Waals surface area contributed by atoms with E-state index in [1.807, 2.05) is 46.9 Å². The lowest BCUT2D eigenvalue weighted by Crippen LogP contribution is -2.40. The fraction of sp³-hybridized carbons (Fsp3) is 0.571. The summed E-state index contributed by atoms with van der Waals surface area (Å²) in [5.41, 5.74) is 0.410. The lowest BCUT2D eigenvalue weighted by atomic mass is 10.2. The molecule has 0 unspecified atom stereocenters. The number of nitrogens with zero attached hydrogens (tertiary/aromatic N) is 6. The molecule has 0 atom stereocenters. The summed E-state index contributed by atoms with van der Waals surface area (Å²) in [6, 6.07) is 3.81.